The molecule has 0 spiro atoms. The molecule has 26 heavy (non-hydrogen) atoms. The summed E-state index contributed by atoms with van der Waals surface area (Å²) in [6.45, 7) is -1.40. The number of benzene rings is 2. The molecule has 2 aromatic rings. The lowest BCUT2D eigenvalue weighted by molar-refractivity contribution is -0.138. The van der Waals surface area contributed by atoms with Crippen molar-refractivity contribution in [2.45, 2.75) is 17.5 Å². The number of hydrogen-bond donors (Lipinski definition) is 2. The van der Waals surface area contributed by atoms with Crippen LogP contribution in [0.3, 0.4) is 0 Å². The summed E-state index contributed by atoms with van der Waals surface area (Å²) >= 11 is 5.78. The number of sulfonamides is 1. The molecule has 0 bridgehead atoms. The zero-order chi connectivity index (χ0) is 19.4. The molecule has 0 aliphatic carbocycles. The Morgan fingerprint density at radius 2 is 1.73 bits per heavy atom. The molecule has 2 rings (SSSR count). The van der Waals surface area contributed by atoms with Gasteiger partial charge in [0.2, 0.25) is 5.91 Å². The Bertz CT molecular complexity index is 884. The summed E-state index contributed by atoms with van der Waals surface area (Å²) in [4.78, 5) is 11.4. The van der Waals surface area contributed by atoms with E-state index in [0.29, 0.717) is 5.56 Å². The molecule has 0 radical (unpaired) electrons. The third-order valence-electron chi connectivity index (χ3n) is 3.16. The number of nitrogens with one attached hydrogen (secondary N) is 2. The van der Waals surface area contributed by atoms with Crippen LogP contribution in [0.25, 0.3) is 0 Å². The van der Waals surface area contributed by atoms with Gasteiger partial charge in [-0.05, 0) is 35.9 Å². The van der Waals surface area contributed by atoms with Gasteiger partial charge in [-0.15, -0.1) is 0 Å². The average molecular weight is 407 g/mol. The highest BCUT2D eigenvalue weighted by atomic mass is 35.5. The molecule has 0 aliphatic heterocycles. The lowest BCUT2D eigenvalue weighted by atomic mass is 10.1. The predicted octanol–water partition coefficient (Wildman–Crippen LogP) is 3.36. The smallest absolute Gasteiger partial charge is 0.347 e. The molecule has 0 saturated carbocycles. The molecule has 0 heterocycles. The van der Waals surface area contributed by atoms with Gasteiger partial charge in [-0.3, -0.25) is 9.52 Å². The lowest BCUT2D eigenvalue weighted by Gasteiger charge is -2.10. The van der Waals surface area contributed by atoms with Crippen molar-refractivity contribution >= 4 is 33.2 Å². The minimum Gasteiger partial charge on any atom is -0.347 e. The molecule has 0 aromatic heterocycles. The van der Waals surface area contributed by atoms with Crippen molar-refractivity contribution in [3.63, 3.8) is 0 Å². The zero-order valence-electron chi connectivity index (χ0n) is 13.2. The van der Waals surface area contributed by atoms with Gasteiger partial charge < -0.3 is 5.32 Å². The fourth-order valence-electron chi connectivity index (χ4n) is 1.99. The molecule has 1 amide bonds. The maximum absolute atomic E-state index is 12.3. The van der Waals surface area contributed by atoms with Crippen molar-refractivity contribution < 1.29 is 26.4 Å². The largest absolute Gasteiger partial charge is 0.405 e. The average Bonchev–Trinajstić information content (AvgIpc) is 2.54. The number of rotatable bonds is 6. The fraction of sp³-hybridized carbons (Fsp3) is 0.188. The Hall–Kier alpha value is -2.26. The van der Waals surface area contributed by atoms with Crippen molar-refractivity contribution in [2.75, 3.05) is 11.3 Å². The predicted molar refractivity (Wildman–Crippen MR) is 91.5 cm³/mol. The summed E-state index contributed by atoms with van der Waals surface area (Å²) < 4.78 is 63.0. The summed E-state index contributed by atoms with van der Waals surface area (Å²) in [5, 5.41) is 2.03. The second-order valence-corrected chi connectivity index (χ2v) is 7.45. The van der Waals surface area contributed by atoms with Crippen LogP contribution in [-0.2, 0) is 21.2 Å². The van der Waals surface area contributed by atoms with Gasteiger partial charge in [-0.2, -0.15) is 13.2 Å². The summed E-state index contributed by atoms with van der Waals surface area (Å²) in [7, 11) is -3.84. The SMILES string of the molecule is O=C(Cc1ccc(NS(=O)(=O)c2cccc(Cl)c2)cc1)NCC(F)(F)F. The van der Waals surface area contributed by atoms with Gasteiger partial charge >= 0.3 is 6.18 Å². The second kappa shape index (κ2) is 7.96. The number of halogens is 4. The van der Waals surface area contributed by atoms with Crippen molar-refractivity contribution in [3.8, 4) is 0 Å². The summed E-state index contributed by atoms with van der Waals surface area (Å²) in [5.41, 5.74) is 0.680. The Morgan fingerprint density at radius 1 is 1.08 bits per heavy atom. The van der Waals surface area contributed by atoms with E-state index in [1.807, 2.05) is 0 Å². The molecule has 0 fully saturated rings. The van der Waals surface area contributed by atoms with Crippen LogP contribution in [0.2, 0.25) is 5.02 Å². The van der Waals surface area contributed by atoms with E-state index in [1.165, 1.54) is 42.5 Å². The normalized spacial score (nSPS) is 11.8. The highest BCUT2D eigenvalue weighted by molar-refractivity contribution is 7.92. The molecular weight excluding hydrogens is 393 g/mol. The van der Waals surface area contributed by atoms with Gasteiger partial charge in [0.1, 0.15) is 6.54 Å². The Kier molecular flexibility index (Phi) is 6.14. The minimum atomic E-state index is -4.47. The molecular formula is C16H14ClF3N2O3S. The van der Waals surface area contributed by atoms with Crippen LogP contribution in [0.15, 0.2) is 53.4 Å². The van der Waals surface area contributed by atoms with Crippen LogP contribution in [-0.4, -0.2) is 27.0 Å². The van der Waals surface area contributed by atoms with E-state index >= 15 is 0 Å². The van der Waals surface area contributed by atoms with E-state index in [2.05, 4.69) is 4.72 Å². The van der Waals surface area contributed by atoms with Gasteiger partial charge in [0.15, 0.2) is 0 Å². The number of alkyl halides is 3. The van der Waals surface area contributed by atoms with Crippen LogP contribution in [0.4, 0.5) is 18.9 Å². The molecule has 10 heteroatoms. The molecule has 0 saturated heterocycles. The maximum atomic E-state index is 12.3. The first kappa shape index (κ1) is 20.1. The van der Waals surface area contributed by atoms with Crippen LogP contribution < -0.4 is 10.0 Å². The number of carbonyl (C=O) groups excluding carboxylic acids is 1. The first-order valence-corrected chi connectivity index (χ1v) is 9.12. The van der Waals surface area contributed by atoms with E-state index in [0.717, 1.165) is 0 Å². The first-order chi connectivity index (χ1) is 12.0. The Labute approximate surface area is 153 Å². The Morgan fingerprint density at radius 3 is 2.31 bits per heavy atom. The van der Waals surface area contributed by atoms with Crippen molar-refractivity contribution in [3.05, 3.63) is 59.1 Å². The number of carbonyl (C=O) groups is 1. The van der Waals surface area contributed by atoms with Gasteiger partial charge in [-0.25, -0.2) is 8.42 Å². The van der Waals surface area contributed by atoms with Crippen molar-refractivity contribution in [2.24, 2.45) is 0 Å². The molecule has 2 N–H and O–H groups in total. The van der Waals surface area contributed by atoms with Crippen molar-refractivity contribution in [1.82, 2.24) is 5.32 Å². The van der Waals surface area contributed by atoms with E-state index in [1.54, 1.807) is 11.4 Å². The van der Waals surface area contributed by atoms with Gasteiger partial charge in [0, 0.05) is 10.7 Å². The molecule has 140 valence electrons. The van der Waals surface area contributed by atoms with E-state index < -0.39 is 28.7 Å². The van der Waals surface area contributed by atoms with Crippen molar-refractivity contribution in [1.29, 1.82) is 0 Å². The van der Waals surface area contributed by atoms with Gasteiger partial charge in [-0.1, -0.05) is 29.8 Å². The highest BCUT2D eigenvalue weighted by Gasteiger charge is 2.27. The third kappa shape index (κ3) is 6.23. The monoisotopic (exact) mass is 406 g/mol. The number of anilines is 1. The minimum absolute atomic E-state index is 0.0133. The summed E-state index contributed by atoms with van der Waals surface area (Å²) in [6.07, 6.45) is -4.73. The number of hydrogen-bond acceptors (Lipinski definition) is 3. The Balaban J connectivity index is 2.00. The van der Waals surface area contributed by atoms with E-state index in [-0.39, 0.29) is 22.0 Å². The molecule has 0 aliphatic rings. The molecule has 0 unspecified atom stereocenters. The maximum Gasteiger partial charge on any atom is 0.405 e. The van der Waals surface area contributed by atoms with E-state index in [9.17, 15) is 26.4 Å². The quantitative estimate of drug-likeness (QED) is 0.772. The topological polar surface area (TPSA) is 75.3 Å². The molecule has 2 aromatic carbocycles. The first-order valence-electron chi connectivity index (χ1n) is 7.26. The third-order valence-corrected chi connectivity index (χ3v) is 4.78. The van der Waals surface area contributed by atoms with Crippen LogP contribution in [0.1, 0.15) is 5.56 Å². The molecule has 0 atom stereocenters. The highest BCUT2D eigenvalue weighted by Crippen LogP contribution is 2.20. The van der Waals surface area contributed by atoms with Crippen LogP contribution in [0, 0.1) is 0 Å². The van der Waals surface area contributed by atoms with Crippen LogP contribution in [0.5, 0.6) is 0 Å². The summed E-state index contributed by atoms with van der Waals surface area (Å²) in [6, 6.07) is 11.4. The zero-order valence-corrected chi connectivity index (χ0v) is 14.8. The fourth-order valence-corrected chi connectivity index (χ4v) is 3.34. The van der Waals surface area contributed by atoms with Crippen LogP contribution >= 0.6 is 11.6 Å². The number of amides is 1. The van der Waals surface area contributed by atoms with Gasteiger partial charge in [0.25, 0.3) is 10.0 Å². The standard InChI is InChI=1S/C16H14ClF3N2O3S/c17-12-2-1-3-14(9-12)26(24,25)22-13-6-4-11(5-7-13)8-15(23)21-10-16(18,19)20/h1-7,9,22H,8,10H2,(H,21,23). The molecule has 5 nitrogen and oxygen atoms in total. The van der Waals surface area contributed by atoms with Gasteiger partial charge in [0.05, 0.1) is 11.3 Å². The summed E-state index contributed by atoms with van der Waals surface area (Å²) in [5.74, 6) is -0.783. The lowest BCUT2D eigenvalue weighted by Crippen LogP contribution is -2.34. The second-order valence-electron chi connectivity index (χ2n) is 5.33. The van der Waals surface area contributed by atoms with E-state index in [4.69, 9.17) is 11.6 Å².